The summed E-state index contributed by atoms with van der Waals surface area (Å²) in [5, 5.41) is 0. The van der Waals surface area contributed by atoms with Crippen molar-refractivity contribution in [1.29, 1.82) is 0 Å². The number of hydrogen-bond donors (Lipinski definition) is 0. The highest BCUT2D eigenvalue weighted by atomic mass is 79.9. The van der Waals surface area contributed by atoms with Crippen LogP contribution in [0.4, 0.5) is 0 Å². The lowest BCUT2D eigenvalue weighted by Gasteiger charge is -2.08. The van der Waals surface area contributed by atoms with E-state index >= 15 is 0 Å². The van der Waals surface area contributed by atoms with Crippen molar-refractivity contribution in [3.63, 3.8) is 0 Å². The Bertz CT molecular complexity index is 492. The van der Waals surface area contributed by atoms with Crippen LogP contribution in [0.3, 0.4) is 0 Å². The van der Waals surface area contributed by atoms with Gasteiger partial charge in [0.1, 0.15) is 0 Å². The van der Waals surface area contributed by atoms with E-state index in [9.17, 15) is 0 Å². The molecular formula is C16H15Br2+. The van der Waals surface area contributed by atoms with Crippen molar-refractivity contribution in [3.05, 3.63) is 75.1 Å². The van der Waals surface area contributed by atoms with Crippen molar-refractivity contribution in [2.75, 3.05) is 0 Å². The molecule has 92 valence electrons. The summed E-state index contributed by atoms with van der Waals surface area (Å²) in [6.07, 6.45) is 11.8. The molecule has 18 heavy (non-hydrogen) atoms. The van der Waals surface area contributed by atoms with Gasteiger partial charge in [0.15, 0.2) is 0 Å². The van der Waals surface area contributed by atoms with Crippen LogP contribution in [-0.4, -0.2) is 0 Å². The molecule has 0 N–H and O–H groups in total. The number of halogens is 2. The highest BCUT2D eigenvalue weighted by Gasteiger charge is 2.09. The van der Waals surface area contributed by atoms with Gasteiger partial charge in [-0.15, -0.1) is 0 Å². The molecule has 0 bridgehead atoms. The molecule has 0 radical (unpaired) electrons. The van der Waals surface area contributed by atoms with Gasteiger partial charge in [-0.25, -0.2) is 0 Å². The monoisotopic (exact) mass is 365 g/mol. The first-order chi connectivity index (χ1) is 8.65. The second kappa shape index (κ2) is 6.44. The molecule has 0 spiro atoms. The maximum Gasteiger partial charge on any atom is 0.0952 e. The number of rotatable bonds is 3. The zero-order valence-corrected chi connectivity index (χ0v) is 13.4. The fourth-order valence-electron chi connectivity index (χ4n) is 1.84. The maximum absolute atomic E-state index is 3.46. The van der Waals surface area contributed by atoms with Crippen LogP contribution >= 0.6 is 31.9 Å². The summed E-state index contributed by atoms with van der Waals surface area (Å²) in [7, 11) is 0. The minimum absolute atomic E-state index is 0.543. The molecular weight excluding hydrogens is 352 g/mol. The van der Waals surface area contributed by atoms with E-state index < -0.39 is 0 Å². The van der Waals surface area contributed by atoms with Gasteiger partial charge in [0, 0.05) is 51.5 Å². The van der Waals surface area contributed by atoms with Crippen molar-refractivity contribution in [2.24, 2.45) is 0 Å². The van der Waals surface area contributed by atoms with E-state index in [1.165, 1.54) is 11.1 Å². The predicted octanol–water partition coefficient (Wildman–Crippen LogP) is 5.92. The van der Waals surface area contributed by atoms with Crippen LogP contribution < -0.4 is 0 Å². The fraction of sp³-hybridized carbons (Fsp3) is 0.188. The number of benzene rings is 1. The largest absolute Gasteiger partial charge is 0.0952 e. The quantitative estimate of drug-likeness (QED) is 0.582. The summed E-state index contributed by atoms with van der Waals surface area (Å²) >= 11 is 6.92. The van der Waals surface area contributed by atoms with Gasteiger partial charge in [-0.2, -0.15) is 0 Å². The molecule has 0 aromatic heterocycles. The number of allylic oxidation sites excluding steroid dienone is 6. The minimum atomic E-state index is 0.543. The Labute approximate surface area is 126 Å². The summed E-state index contributed by atoms with van der Waals surface area (Å²) in [6.45, 7) is 2.26. The third kappa shape index (κ3) is 3.89. The van der Waals surface area contributed by atoms with Crippen LogP contribution in [0.15, 0.2) is 63.1 Å². The lowest BCUT2D eigenvalue weighted by molar-refractivity contribution is 0.778. The Morgan fingerprint density at radius 2 is 1.89 bits per heavy atom. The number of hydrogen-bond acceptors (Lipinski definition) is 0. The SMILES string of the molecule is CC(C/C=C1/C=CC(Br)=C[CH+]1)c1ccc(Br)cc1. The molecule has 0 amide bonds. The van der Waals surface area contributed by atoms with Gasteiger partial charge in [-0.05, 0) is 29.7 Å². The van der Waals surface area contributed by atoms with Crippen LogP contribution in [0.1, 0.15) is 24.8 Å². The van der Waals surface area contributed by atoms with Crippen molar-refractivity contribution in [2.45, 2.75) is 19.3 Å². The Morgan fingerprint density at radius 3 is 2.50 bits per heavy atom. The standard InChI is InChI=1S/C16H15Br2/c1-12(14-6-10-16(18)11-7-14)2-3-13-4-8-15(17)9-5-13/h3-12H,2H2,1H3/q+1. The first kappa shape index (κ1) is 13.7. The Hall–Kier alpha value is -0.730. The first-order valence-corrected chi connectivity index (χ1v) is 7.58. The zero-order valence-electron chi connectivity index (χ0n) is 10.2. The van der Waals surface area contributed by atoms with Crippen LogP contribution in [0.5, 0.6) is 0 Å². The van der Waals surface area contributed by atoms with Crippen molar-refractivity contribution >= 4 is 31.9 Å². The Morgan fingerprint density at radius 1 is 1.17 bits per heavy atom. The molecule has 0 saturated heterocycles. The molecule has 1 aromatic carbocycles. The second-order valence-electron chi connectivity index (χ2n) is 4.44. The van der Waals surface area contributed by atoms with Crippen molar-refractivity contribution in [1.82, 2.24) is 0 Å². The van der Waals surface area contributed by atoms with E-state index in [4.69, 9.17) is 0 Å². The van der Waals surface area contributed by atoms with E-state index in [0.717, 1.165) is 15.4 Å². The molecule has 1 aliphatic rings. The minimum Gasteiger partial charge on any atom is -0.0576 e. The molecule has 2 heteroatoms. The van der Waals surface area contributed by atoms with Crippen molar-refractivity contribution in [3.8, 4) is 0 Å². The Balaban J connectivity index is 1.96. The highest BCUT2D eigenvalue weighted by Crippen LogP contribution is 2.24. The summed E-state index contributed by atoms with van der Waals surface area (Å²) in [5.74, 6) is 0.543. The molecule has 0 aliphatic heterocycles. The van der Waals surface area contributed by atoms with Crippen LogP contribution in [0.25, 0.3) is 0 Å². The molecule has 0 nitrogen and oxygen atoms in total. The van der Waals surface area contributed by atoms with Gasteiger partial charge in [0.2, 0.25) is 0 Å². The van der Waals surface area contributed by atoms with E-state index in [-0.39, 0.29) is 0 Å². The van der Waals surface area contributed by atoms with E-state index in [1.54, 1.807) is 0 Å². The summed E-state index contributed by atoms with van der Waals surface area (Å²) in [4.78, 5) is 0. The van der Waals surface area contributed by atoms with Gasteiger partial charge in [-0.1, -0.05) is 35.0 Å². The smallest absolute Gasteiger partial charge is 0.0576 e. The summed E-state index contributed by atoms with van der Waals surface area (Å²) in [5.41, 5.74) is 2.66. The lowest BCUT2D eigenvalue weighted by Crippen LogP contribution is -1.93. The summed E-state index contributed by atoms with van der Waals surface area (Å²) in [6, 6.07) is 8.57. The van der Waals surface area contributed by atoms with Crippen molar-refractivity contribution < 1.29 is 0 Å². The van der Waals surface area contributed by atoms with Crippen LogP contribution in [0.2, 0.25) is 0 Å². The maximum atomic E-state index is 3.46. The molecule has 1 aromatic rings. The van der Waals surface area contributed by atoms with E-state index in [0.29, 0.717) is 5.92 Å². The average Bonchev–Trinajstić information content (AvgIpc) is 2.38. The normalized spacial score (nSPS) is 18.4. The van der Waals surface area contributed by atoms with Crippen LogP contribution in [0, 0.1) is 6.42 Å². The van der Waals surface area contributed by atoms with E-state index in [1.807, 2.05) is 0 Å². The van der Waals surface area contributed by atoms with Gasteiger partial charge < -0.3 is 0 Å². The predicted molar refractivity (Wildman–Crippen MR) is 85.7 cm³/mol. The summed E-state index contributed by atoms with van der Waals surface area (Å²) < 4.78 is 2.26. The van der Waals surface area contributed by atoms with Gasteiger partial charge in [0.25, 0.3) is 0 Å². The average molecular weight is 367 g/mol. The molecule has 0 fully saturated rings. The van der Waals surface area contributed by atoms with Gasteiger partial charge >= 0.3 is 0 Å². The third-order valence-corrected chi connectivity index (χ3v) is 4.07. The zero-order chi connectivity index (χ0) is 13.0. The fourth-order valence-corrected chi connectivity index (χ4v) is 2.37. The third-order valence-electron chi connectivity index (χ3n) is 3.02. The lowest BCUT2D eigenvalue weighted by atomic mass is 9.95. The van der Waals surface area contributed by atoms with Gasteiger partial charge in [0.05, 0.1) is 10.1 Å². The topological polar surface area (TPSA) is 0 Å². The highest BCUT2D eigenvalue weighted by molar-refractivity contribution is 9.12. The second-order valence-corrected chi connectivity index (χ2v) is 6.28. The molecule has 2 rings (SSSR count). The van der Waals surface area contributed by atoms with Gasteiger partial charge in [-0.3, -0.25) is 0 Å². The molecule has 0 heterocycles. The van der Waals surface area contributed by atoms with E-state index in [2.05, 4.69) is 93.8 Å². The molecule has 1 unspecified atom stereocenters. The molecule has 1 atom stereocenters. The molecule has 1 aliphatic carbocycles. The first-order valence-electron chi connectivity index (χ1n) is 5.99. The van der Waals surface area contributed by atoms with Crippen LogP contribution in [-0.2, 0) is 0 Å². The molecule has 0 saturated carbocycles. The Kier molecular flexibility index (Phi) is 4.90.